The Labute approximate surface area is 174 Å². The summed E-state index contributed by atoms with van der Waals surface area (Å²) >= 11 is 0. The fourth-order valence-corrected chi connectivity index (χ4v) is 3.02. The molecule has 0 aliphatic rings. The summed E-state index contributed by atoms with van der Waals surface area (Å²) in [6.45, 7) is 0.356. The van der Waals surface area contributed by atoms with Crippen molar-refractivity contribution < 1.29 is 14.2 Å². The lowest BCUT2D eigenvalue weighted by molar-refractivity contribution is 0.294. The van der Waals surface area contributed by atoms with Crippen molar-refractivity contribution in [3.8, 4) is 17.2 Å². The lowest BCUT2D eigenvalue weighted by atomic mass is 10.1. The second-order valence-electron chi connectivity index (χ2n) is 6.51. The second-order valence-corrected chi connectivity index (χ2v) is 6.51. The molecule has 1 aromatic heterocycles. The molecule has 4 rings (SSSR count). The van der Waals surface area contributed by atoms with E-state index in [1.54, 1.807) is 20.4 Å². The first kappa shape index (κ1) is 19.3. The summed E-state index contributed by atoms with van der Waals surface area (Å²) in [6, 6.07) is 21.1. The number of nitrogens with zero attached hydrogens (tertiary/aromatic N) is 2. The summed E-state index contributed by atoms with van der Waals surface area (Å²) in [7, 11) is 3.27. The number of methoxy groups -OCH3 is 2. The molecule has 0 atom stereocenters. The molecule has 30 heavy (non-hydrogen) atoms. The van der Waals surface area contributed by atoms with E-state index < -0.39 is 0 Å². The summed E-state index contributed by atoms with van der Waals surface area (Å²) in [5, 5.41) is 4.28. The van der Waals surface area contributed by atoms with Gasteiger partial charge < -0.3 is 19.2 Å². The molecule has 0 bridgehead atoms. The van der Waals surface area contributed by atoms with Gasteiger partial charge in [0.2, 0.25) is 5.95 Å². The van der Waals surface area contributed by atoms with E-state index in [1.165, 1.54) is 0 Å². The van der Waals surface area contributed by atoms with E-state index in [2.05, 4.69) is 20.5 Å². The monoisotopic (exact) mass is 402 g/mol. The van der Waals surface area contributed by atoms with Gasteiger partial charge in [-0.25, -0.2) is 10.4 Å². The fourth-order valence-electron chi connectivity index (χ4n) is 3.02. The normalized spacial score (nSPS) is 11.0. The maximum Gasteiger partial charge on any atom is 0.222 e. The van der Waals surface area contributed by atoms with Crippen molar-refractivity contribution in [3.05, 3.63) is 77.9 Å². The first-order valence-electron chi connectivity index (χ1n) is 9.43. The van der Waals surface area contributed by atoms with Gasteiger partial charge in [-0.15, -0.1) is 0 Å². The van der Waals surface area contributed by atoms with Gasteiger partial charge in [0.15, 0.2) is 0 Å². The van der Waals surface area contributed by atoms with Crippen LogP contribution in [0.1, 0.15) is 11.1 Å². The Hall–Kier alpha value is -4.00. The standard InChI is InChI=1S/C23H22N4O3/c1-28-18-6-5-7-19(13-18)30-15-17-12-16(10-11-22(17)29-2)14-24-27-23-25-20-8-3-4-9-21(20)26-23/h3-14H,15H2,1-2H3,(H2,25,26,27). The van der Waals surface area contributed by atoms with Crippen LogP contribution < -0.4 is 19.6 Å². The van der Waals surface area contributed by atoms with Crippen LogP contribution in [0.25, 0.3) is 11.0 Å². The zero-order valence-corrected chi connectivity index (χ0v) is 16.8. The molecular weight excluding hydrogens is 380 g/mol. The highest BCUT2D eigenvalue weighted by molar-refractivity contribution is 5.81. The number of hydrogen-bond donors (Lipinski definition) is 2. The van der Waals surface area contributed by atoms with E-state index >= 15 is 0 Å². The Kier molecular flexibility index (Phi) is 5.80. The Bertz CT molecular complexity index is 1140. The van der Waals surface area contributed by atoms with Crippen LogP contribution in [0.3, 0.4) is 0 Å². The number of imidazole rings is 1. The molecule has 0 amide bonds. The van der Waals surface area contributed by atoms with Gasteiger partial charge in [0.05, 0.1) is 31.5 Å². The lowest BCUT2D eigenvalue weighted by Crippen LogP contribution is -2.00. The third-order valence-electron chi connectivity index (χ3n) is 4.51. The lowest BCUT2D eigenvalue weighted by Gasteiger charge is -2.11. The summed E-state index contributed by atoms with van der Waals surface area (Å²) in [5.41, 5.74) is 6.58. The van der Waals surface area contributed by atoms with E-state index in [0.717, 1.165) is 39.4 Å². The Morgan fingerprint density at radius 3 is 2.67 bits per heavy atom. The van der Waals surface area contributed by atoms with Crippen molar-refractivity contribution in [2.24, 2.45) is 5.10 Å². The molecule has 2 N–H and O–H groups in total. The number of para-hydroxylation sites is 2. The minimum absolute atomic E-state index is 0.356. The van der Waals surface area contributed by atoms with Gasteiger partial charge in [0.25, 0.3) is 0 Å². The molecule has 3 aromatic carbocycles. The number of benzene rings is 3. The van der Waals surface area contributed by atoms with E-state index in [9.17, 15) is 0 Å². The van der Waals surface area contributed by atoms with E-state index in [0.29, 0.717) is 12.6 Å². The van der Waals surface area contributed by atoms with E-state index in [1.807, 2.05) is 66.7 Å². The molecule has 7 heteroatoms. The molecule has 0 aliphatic carbocycles. The number of nitrogens with one attached hydrogen (secondary N) is 2. The first-order valence-corrected chi connectivity index (χ1v) is 9.43. The van der Waals surface area contributed by atoms with E-state index in [-0.39, 0.29) is 0 Å². The Balaban J connectivity index is 1.45. The molecule has 0 saturated carbocycles. The van der Waals surface area contributed by atoms with Crippen LogP contribution in [0.4, 0.5) is 5.95 Å². The first-order chi connectivity index (χ1) is 14.7. The number of aromatic nitrogens is 2. The molecule has 152 valence electrons. The minimum Gasteiger partial charge on any atom is -0.497 e. The smallest absolute Gasteiger partial charge is 0.222 e. The fraction of sp³-hybridized carbons (Fsp3) is 0.130. The molecule has 0 unspecified atom stereocenters. The average molecular weight is 402 g/mol. The number of anilines is 1. The number of hydrogen-bond acceptors (Lipinski definition) is 6. The van der Waals surface area contributed by atoms with Crippen LogP contribution in [0.5, 0.6) is 17.2 Å². The van der Waals surface area contributed by atoms with E-state index in [4.69, 9.17) is 14.2 Å². The summed E-state index contributed by atoms with van der Waals surface area (Å²) < 4.78 is 16.6. The molecule has 0 saturated heterocycles. The second kappa shape index (κ2) is 9.00. The minimum atomic E-state index is 0.356. The number of aromatic amines is 1. The van der Waals surface area contributed by atoms with Crippen molar-refractivity contribution in [3.63, 3.8) is 0 Å². The molecular formula is C23H22N4O3. The average Bonchev–Trinajstić information content (AvgIpc) is 3.21. The molecule has 0 aliphatic heterocycles. The van der Waals surface area contributed by atoms with Gasteiger partial charge in [-0.1, -0.05) is 18.2 Å². The molecule has 4 aromatic rings. The van der Waals surface area contributed by atoms with Crippen molar-refractivity contribution in [1.29, 1.82) is 0 Å². The number of H-pyrrole nitrogens is 1. The third-order valence-corrected chi connectivity index (χ3v) is 4.51. The van der Waals surface area contributed by atoms with Crippen LogP contribution in [0, 0.1) is 0 Å². The summed E-state index contributed by atoms with van der Waals surface area (Å²) in [4.78, 5) is 7.61. The Morgan fingerprint density at radius 1 is 0.967 bits per heavy atom. The quantitative estimate of drug-likeness (QED) is 0.332. The van der Waals surface area contributed by atoms with Crippen LogP contribution in [0.2, 0.25) is 0 Å². The number of hydrazone groups is 1. The highest BCUT2D eigenvalue weighted by Crippen LogP contribution is 2.24. The van der Waals surface area contributed by atoms with Gasteiger partial charge in [0, 0.05) is 11.6 Å². The summed E-state index contributed by atoms with van der Waals surface area (Å²) in [5.74, 6) is 2.81. The highest BCUT2D eigenvalue weighted by Gasteiger charge is 2.06. The number of rotatable bonds is 8. The highest BCUT2D eigenvalue weighted by atomic mass is 16.5. The van der Waals surface area contributed by atoms with Gasteiger partial charge in [-0.3, -0.25) is 0 Å². The van der Waals surface area contributed by atoms with Crippen LogP contribution in [0.15, 0.2) is 71.8 Å². The zero-order chi connectivity index (χ0) is 20.8. The largest absolute Gasteiger partial charge is 0.497 e. The zero-order valence-electron chi connectivity index (χ0n) is 16.8. The predicted molar refractivity (Wildman–Crippen MR) is 118 cm³/mol. The van der Waals surface area contributed by atoms with Crippen LogP contribution >= 0.6 is 0 Å². The van der Waals surface area contributed by atoms with Gasteiger partial charge >= 0.3 is 0 Å². The Morgan fingerprint density at radius 2 is 1.83 bits per heavy atom. The van der Waals surface area contributed by atoms with Crippen molar-refractivity contribution in [2.75, 3.05) is 19.6 Å². The van der Waals surface area contributed by atoms with Crippen LogP contribution in [-0.4, -0.2) is 30.4 Å². The number of fused-ring (bicyclic) bond motifs is 1. The maximum absolute atomic E-state index is 5.90. The van der Waals surface area contributed by atoms with Gasteiger partial charge in [0.1, 0.15) is 23.9 Å². The molecule has 0 spiro atoms. The van der Waals surface area contributed by atoms with Crippen molar-refractivity contribution in [1.82, 2.24) is 9.97 Å². The SMILES string of the molecule is COc1cccc(OCc2cc(C=NNc3nc4ccccc4[nH]3)ccc2OC)c1. The molecule has 0 radical (unpaired) electrons. The summed E-state index contributed by atoms with van der Waals surface area (Å²) in [6.07, 6.45) is 1.72. The topological polar surface area (TPSA) is 80.8 Å². The van der Waals surface area contributed by atoms with Gasteiger partial charge in [-0.2, -0.15) is 5.10 Å². The maximum atomic E-state index is 5.90. The number of ether oxygens (including phenoxy) is 3. The molecule has 7 nitrogen and oxygen atoms in total. The molecule has 1 heterocycles. The molecule has 0 fully saturated rings. The predicted octanol–water partition coefficient (Wildman–Crippen LogP) is 4.61. The third kappa shape index (κ3) is 4.52. The van der Waals surface area contributed by atoms with Crippen molar-refractivity contribution >= 4 is 23.2 Å². The van der Waals surface area contributed by atoms with Crippen LogP contribution in [-0.2, 0) is 6.61 Å². The van der Waals surface area contributed by atoms with Crippen molar-refractivity contribution in [2.45, 2.75) is 6.61 Å². The van der Waals surface area contributed by atoms with Gasteiger partial charge in [-0.05, 0) is 48.0 Å².